The first-order chi connectivity index (χ1) is 9.04. The molecule has 0 spiro atoms. The summed E-state index contributed by atoms with van der Waals surface area (Å²) in [4.78, 5) is 4.32. The quantitative estimate of drug-likeness (QED) is 0.941. The molecule has 0 aliphatic carbocycles. The van der Waals surface area contributed by atoms with Gasteiger partial charge in [-0.1, -0.05) is 13.0 Å². The minimum absolute atomic E-state index is 0.502. The number of aliphatic hydroxyl groups excluding tert-OH is 1. The fourth-order valence-electron chi connectivity index (χ4n) is 2.23. The van der Waals surface area contributed by atoms with E-state index in [1.807, 2.05) is 26.1 Å². The van der Waals surface area contributed by atoms with Crippen LogP contribution in [0, 0.1) is 6.92 Å². The van der Waals surface area contributed by atoms with Crippen molar-refractivity contribution in [1.82, 2.24) is 14.8 Å². The highest BCUT2D eigenvalue weighted by molar-refractivity contribution is 9.10. The highest BCUT2D eigenvalue weighted by Gasteiger charge is 2.18. The number of hydrogen-bond acceptors (Lipinski definition) is 3. The van der Waals surface area contributed by atoms with E-state index in [0.717, 1.165) is 33.5 Å². The van der Waals surface area contributed by atoms with Gasteiger partial charge in [0.15, 0.2) is 0 Å². The Balaban J connectivity index is 2.28. The number of pyridine rings is 1. The summed E-state index contributed by atoms with van der Waals surface area (Å²) in [5.74, 6) is 0. The average Bonchev–Trinajstić information content (AvgIpc) is 2.65. The van der Waals surface area contributed by atoms with Crippen molar-refractivity contribution in [3.8, 4) is 0 Å². The van der Waals surface area contributed by atoms with Gasteiger partial charge in [0, 0.05) is 19.7 Å². The van der Waals surface area contributed by atoms with E-state index in [1.165, 1.54) is 0 Å². The predicted octanol–water partition coefficient (Wildman–Crippen LogP) is 2.72. The third-order valence-corrected chi connectivity index (χ3v) is 4.30. The van der Waals surface area contributed by atoms with Crippen LogP contribution in [0.25, 0.3) is 0 Å². The zero-order valence-corrected chi connectivity index (χ0v) is 13.0. The number of aryl methyl sites for hydroxylation is 3. The zero-order chi connectivity index (χ0) is 14.0. The Labute approximate surface area is 121 Å². The molecule has 2 rings (SSSR count). The van der Waals surface area contributed by atoms with Crippen LogP contribution >= 0.6 is 15.9 Å². The van der Waals surface area contributed by atoms with Crippen molar-refractivity contribution < 1.29 is 5.11 Å². The summed E-state index contributed by atoms with van der Waals surface area (Å²) in [7, 11) is 1.89. The number of aliphatic hydroxyl groups is 1. The second kappa shape index (κ2) is 5.84. The maximum atomic E-state index is 10.4. The van der Waals surface area contributed by atoms with Gasteiger partial charge in [0.1, 0.15) is 6.10 Å². The molecule has 5 heteroatoms. The number of nitrogens with zero attached hydrogens (tertiary/aromatic N) is 3. The number of halogens is 1. The van der Waals surface area contributed by atoms with Crippen LogP contribution in [0.5, 0.6) is 0 Å². The summed E-state index contributed by atoms with van der Waals surface area (Å²) in [6.45, 7) is 4.01. The van der Waals surface area contributed by atoms with Crippen LogP contribution in [0.15, 0.2) is 22.8 Å². The first kappa shape index (κ1) is 14.2. The lowest BCUT2D eigenvalue weighted by Gasteiger charge is -2.14. The molecule has 0 amide bonds. The topological polar surface area (TPSA) is 50.9 Å². The molecule has 2 aromatic heterocycles. The van der Waals surface area contributed by atoms with Crippen LogP contribution in [0.4, 0.5) is 0 Å². The summed E-state index contributed by atoms with van der Waals surface area (Å²) in [5, 5.41) is 14.8. The van der Waals surface area contributed by atoms with Gasteiger partial charge in [0.25, 0.3) is 0 Å². The largest absolute Gasteiger partial charge is 0.386 e. The zero-order valence-electron chi connectivity index (χ0n) is 11.4. The summed E-state index contributed by atoms with van der Waals surface area (Å²) >= 11 is 3.52. The molecule has 0 aliphatic heterocycles. The van der Waals surface area contributed by atoms with Gasteiger partial charge < -0.3 is 5.11 Å². The Morgan fingerprint density at radius 1 is 1.47 bits per heavy atom. The Hall–Kier alpha value is -1.20. The molecule has 1 N–H and O–H groups in total. The van der Waals surface area contributed by atoms with E-state index in [4.69, 9.17) is 0 Å². The lowest BCUT2D eigenvalue weighted by molar-refractivity contribution is 0.169. The molecular weight excluding hydrogens is 306 g/mol. The molecule has 0 saturated heterocycles. The highest BCUT2D eigenvalue weighted by atomic mass is 79.9. The van der Waals surface area contributed by atoms with Crippen molar-refractivity contribution in [2.75, 3.05) is 0 Å². The van der Waals surface area contributed by atoms with E-state index in [-0.39, 0.29) is 0 Å². The smallest absolute Gasteiger partial charge is 0.102 e. The van der Waals surface area contributed by atoms with Gasteiger partial charge >= 0.3 is 0 Å². The molecule has 0 aliphatic rings. The maximum Gasteiger partial charge on any atom is 0.102 e. The first-order valence-corrected chi connectivity index (χ1v) is 7.13. The summed E-state index contributed by atoms with van der Waals surface area (Å²) in [5.41, 5.74) is 3.76. The molecule has 2 heterocycles. The Morgan fingerprint density at radius 2 is 2.21 bits per heavy atom. The third kappa shape index (κ3) is 2.87. The molecule has 0 bridgehead atoms. The second-order valence-electron chi connectivity index (χ2n) is 4.59. The molecule has 19 heavy (non-hydrogen) atoms. The Bertz CT molecular complexity index is 580. The lowest BCUT2D eigenvalue weighted by atomic mass is 10.0. The van der Waals surface area contributed by atoms with E-state index >= 15 is 0 Å². The predicted molar refractivity (Wildman–Crippen MR) is 77.9 cm³/mol. The highest BCUT2D eigenvalue weighted by Crippen LogP contribution is 2.26. The van der Waals surface area contributed by atoms with Gasteiger partial charge in [0.2, 0.25) is 0 Å². The molecule has 1 unspecified atom stereocenters. The van der Waals surface area contributed by atoms with Crippen molar-refractivity contribution in [3.05, 3.63) is 45.4 Å². The lowest BCUT2D eigenvalue weighted by Crippen LogP contribution is -2.10. The Kier molecular flexibility index (Phi) is 4.37. The molecule has 2 aromatic rings. The Morgan fingerprint density at radius 3 is 2.79 bits per heavy atom. The normalized spacial score (nSPS) is 12.7. The number of rotatable bonds is 4. The standard InChI is InChI=1S/C14H18BrN3O/c1-4-10-6-5-7-16-14(10)12(19)8-11-13(15)9(2)17-18(11)3/h5-7,12,19H,4,8H2,1-3H3. The minimum Gasteiger partial charge on any atom is -0.386 e. The molecule has 0 saturated carbocycles. The molecule has 0 fully saturated rings. The van der Waals surface area contributed by atoms with Crippen molar-refractivity contribution in [1.29, 1.82) is 0 Å². The van der Waals surface area contributed by atoms with Crippen LogP contribution in [-0.2, 0) is 19.9 Å². The minimum atomic E-state index is -0.609. The van der Waals surface area contributed by atoms with Gasteiger partial charge in [0.05, 0.1) is 21.6 Å². The summed E-state index contributed by atoms with van der Waals surface area (Å²) in [6.07, 6.45) is 2.48. The molecule has 4 nitrogen and oxygen atoms in total. The van der Waals surface area contributed by atoms with E-state index < -0.39 is 6.10 Å². The van der Waals surface area contributed by atoms with Crippen LogP contribution in [0.2, 0.25) is 0 Å². The van der Waals surface area contributed by atoms with E-state index in [1.54, 1.807) is 10.9 Å². The van der Waals surface area contributed by atoms with Crippen molar-refractivity contribution in [3.63, 3.8) is 0 Å². The SMILES string of the molecule is CCc1cccnc1C(O)Cc1c(Br)c(C)nn1C. The number of hydrogen-bond donors (Lipinski definition) is 1. The maximum absolute atomic E-state index is 10.4. The second-order valence-corrected chi connectivity index (χ2v) is 5.38. The van der Waals surface area contributed by atoms with Crippen molar-refractivity contribution in [2.24, 2.45) is 7.05 Å². The van der Waals surface area contributed by atoms with Gasteiger partial charge in [-0.05, 0) is 40.9 Å². The molecule has 102 valence electrons. The molecule has 0 radical (unpaired) electrons. The van der Waals surface area contributed by atoms with Gasteiger partial charge in [-0.3, -0.25) is 9.67 Å². The van der Waals surface area contributed by atoms with E-state index in [2.05, 4.69) is 32.9 Å². The summed E-state index contributed by atoms with van der Waals surface area (Å²) < 4.78 is 2.76. The van der Waals surface area contributed by atoms with Crippen LogP contribution < -0.4 is 0 Å². The summed E-state index contributed by atoms with van der Waals surface area (Å²) in [6, 6.07) is 3.91. The van der Waals surface area contributed by atoms with Crippen LogP contribution in [-0.4, -0.2) is 19.9 Å². The van der Waals surface area contributed by atoms with E-state index in [9.17, 15) is 5.11 Å². The molecule has 1 atom stereocenters. The fourth-order valence-corrected chi connectivity index (χ4v) is 2.73. The van der Waals surface area contributed by atoms with Crippen LogP contribution in [0.3, 0.4) is 0 Å². The van der Waals surface area contributed by atoms with Gasteiger partial charge in [-0.2, -0.15) is 5.10 Å². The fraction of sp³-hybridized carbons (Fsp3) is 0.429. The molecular formula is C14H18BrN3O. The number of aromatic nitrogens is 3. The first-order valence-electron chi connectivity index (χ1n) is 6.34. The van der Waals surface area contributed by atoms with Crippen LogP contribution in [0.1, 0.15) is 35.7 Å². The monoisotopic (exact) mass is 323 g/mol. The van der Waals surface area contributed by atoms with Crippen molar-refractivity contribution in [2.45, 2.75) is 32.8 Å². The van der Waals surface area contributed by atoms with Gasteiger partial charge in [-0.25, -0.2) is 0 Å². The third-order valence-electron chi connectivity index (χ3n) is 3.27. The van der Waals surface area contributed by atoms with Crippen molar-refractivity contribution >= 4 is 15.9 Å². The molecule has 0 aromatic carbocycles. The van der Waals surface area contributed by atoms with Gasteiger partial charge in [-0.15, -0.1) is 0 Å². The van der Waals surface area contributed by atoms with E-state index in [0.29, 0.717) is 6.42 Å². The average molecular weight is 324 g/mol.